The van der Waals surface area contributed by atoms with E-state index in [4.69, 9.17) is 9.47 Å². The van der Waals surface area contributed by atoms with Crippen LogP contribution in [0.15, 0.2) is 41.1 Å². The van der Waals surface area contributed by atoms with Crippen molar-refractivity contribution in [2.75, 3.05) is 18.5 Å². The smallest absolute Gasteiger partial charge is 0.311 e. The molecule has 1 aromatic heterocycles. The number of fused-ring (bicyclic) bond motifs is 1. The van der Waals surface area contributed by atoms with E-state index >= 15 is 0 Å². The monoisotopic (exact) mass is 448 g/mol. The lowest BCUT2D eigenvalue weighted by Crippen LogP contribution is -2.16. The third kappa shape index (κ3) is 3.73. The van der Waals surface area contributed by atoms with Crippen LogP contribution in [0.2, 0.25) is 0 Å². The van der Waals surface area contributed by atoms with Crippen molar-refractivity contribution in [2.45, 2.75) is 12.5 Å². The van der Waals surface area contributed by atoms with Gasteiger partial charge < -0.3 is 14.8 Å². The highest BCUT2D eigenvalue weighted by atomic mass is 79.9. The van der Waals surface area contributed by atoms with Gasteiger partial charge in [0.05, 0.1) is 34.7 Å². The van der Waals surface area contributed by atoms with Gasteiger partial charge in [0.2, 0.25) is 0 Å². The second-order valence-electron chi connectivity index (χ2n) is 6.17. The number of benzene rings is 2. The maximum atomic E-state index is 14.2. The average molecular weight is 449 g/mol. The topological polar surface area (TPSA) is 99.4 Å². The van der Waals surface area contributed by atoms with E-state index in [0.29, 0.717) is 35.0 Å². The van der Waals surface area contributed by atoms with E-state index in [1.807, 2.05) is 0 Å². The number of nitrogens with one attached hydrogen (secondary N) is 1. The number of nitro benzene ring substituents is 1. The molecular formula is C18H14BrFN4O4. The van der Waals surface area contributed by atoms with Gasteiger partial charge in [-0.15, -0.1) is 0 Å². The van der Waals surface area contributed by atoms with Crippen LogP contribution in [-0.2, 0) is 4.74 Å². The molecule has 2 heterocycles. The summed E-state index contributed by atoms with van der Waals surface area (Å²) in [6, 6.07) is 7.35. The van der Waals surface area contributed by atoms with Gasteiger partial charge in [-0.2, -0.15) is 0 Å². The first-order valence-electron chi connectivity index (χ1n) is 8.41. The minimum Gasteiger partial charge on any atom is -0.481 e. The fraction of sp³-hybridized carbons (Fsp3) is 0.222. The lowest BCUT2D eigenvalue weighted by Gasteiger charge is -2.14. The Morgan fingerprint density at radius 2 is 2.18 bits per heavy atom. The lowest BCUT2D eigenvalue weighted by molar-refractivity contribution is -0.385. The largest absolute Gasteiger partial charge is 0.481 e. The molecule has 4 rings (SSSR count). The minimum atomic E-state index is -0.526. The molecule has 0 amide bonds. The van der Waals surface area contributed by atoms with Gasteiger partial charge in [-0.25, -0.2) is 14.4 Å². The van der Waals surface area contributed by atoms with Gasteiger partial charge in [-0.1, -0.05) is 15.9 Å². The van der Waals surface area contributed by atoms with Crippen molar-refractivity contribution in [2.24, 2.45) is 0 Å². The molecule has 0 radical (unpaired) electrons. The van der Waals surface area contributed by atoms with E-state index in [1.54, 1.807) is 12.1 Å². The molecule has 0 spiro atoms. The Bertz CT molecular complexity index is 1060. The van der Waals surface area contributed by atoms with Crippen LogP contribution in [0, 0.1) is 15.9 Å². The van der Waals surface area contributed by atoms with E-state index in [2.05, 4.69) is 31.2 Å². The molecule has 0 aliphatic carbocycles. The van der Waals surface area contributed by atoms with Crippen molar-refractivity contribution in [3.63, 3.8) is 0 Å². The standard InChI is InChI=1S/C18H14BrFN4O4/c19-10-1-2-14(13(20)5-10)23-18-12-6-16(24(25)26)17(7-15(12)21-9-22-18)28-11-3-4-27-8-11/h1-2,5-7,9,11H,3-4,8H2,(H,21,22,23)/t11-/m0/s1. The highest BCUT2D eigenvalue weighted by molar-refractivity contribution is 9.10. The number of aromatic nitrogens is 2. The van der Waals surface area contributed by atoms with Gasteiger partial charge in [-0.3, -0.25) is 10.1 Å². The molecule has 1 N–H and O–H groups in total. The van der Waals surface area contributed by atoms with Crippen LogP contribution in [0.5, 0.6) is 5.75 Å². The summed E-state index contributed by atoms with van der Waals surface area (Å²) in [5.74, 6) is -0.116. The number of ether oxygens (including phenoxy) is 2. The van der Waals surface area contributed by atoms with Crippen LogP contribution in [-0.4, -0.2) is 34.2 Å². The van der Waals surface area contributed by atoms with Gasteiger partial charge in [0.25, 0.3) is 0 Å². The number of hydrogen-bond acceptors (Lipinski definition) is 7. The van der Waals surface area contributed by atoms with E-state index in [0.717, 1.165) is 0 Å². The Labute approximate surface area is 167 Å². The second kappa shape index (κ2) is 7.64. The number of nitrogens with zero attached hydrogens (tertiary/aromatic N) is 3. The van der Waals surface area contributed by atoms with Gasteiger partial charge in [0, 0.05) is 23.0 Å². The van der Waals surface area contributed by atoms with E-state index in [1.165, 1.54) is 24.5 Å². The third-order valence-electron chi connectivity index (χ3n) is 4.28. The molecule has 10 heteroatoms. The van der Waals surface area contributed by atoms with Gasteiger partial charge in [-0.05, 0) is 18.2 Å². The second-order valence-corrected chi connectivity index (χ2v) is 7.08. The molecule has 0 saturated carbocycles. The number of rotatable bonds is 5. The summed E-state index contributed by atoms with van der Waals surface area (Å²) < 4.78 is 25.8. The van der Waals surface area contributed by atoms with Crippen LogP contribution in [0.3, 0.4) is 0 Å². The zero-order chi connectivity index (χ0) is 19.7. The Morgan fingerprint density at radius 3 is 2.89 bits per heavy atom. The molecule has 1 fully saturated rings. The zero-order valence-corrected chi connectivity index (χ0v) is 16.0. The highest BCUT2D eigenvalue weighted by Crippen LogP contribution is 2.36. The molecule has 1 saturated heterocycles. The number of halogens is 2. The first kappa shape index (κ1) is 18.5. The van der Waals surface area contributed by atoms with Crippen molar-refractivity contribution in [1.82, 2.24) is 9.97 Å². The van der Waals surface area contributed by atoms with Crippen LogP contribution in [0.1, 0.15) is 6.42 Å². The molecule has 8 nitrogen and oxygen atoms in total. The number of nitro groups is 1. The number of anilines is 2. The first-order chi connectivity index (χ1) is 13.5. The fourth-order valence-corrected chi connectivity index (χ4v) is 3.25. The molecule has 144 valence electrons. The predicted molar refractivity (Wildman–Crippen MR) is 103 cm³/mol. The summed E-state index contributed by atoms with van der Waals surface area (Å²) in [4.78, 5) is 19.3. The lowest BCUT2D eigenvalue weighted by atomic mass is 10.2. The van der Waals surface area contributed by atoms with Crippen LogP contribution >= 0.6 is 15.9 Å². The Hall–Kier alpha value is -2.85. The van der Waals surface area contributed by atoms with Crippen molar-refractivity contribution in [3.05, 3.63) is 57.1 Å². The maximum absolute atomic E-state index is 14.2. The van der Waals surface area contributed by atoms with E-state index < -0.39 is 10.7 Å². The molecule has 1 aliphatic rings. The summed E-state index contributed by atoms with van der Waals surface area (Å²) in [6.07, 6.45) is 1.72. The summed E-state index contributed by atoms with van der Waals surface area (Å²) in [5.41, 5.74) is 0.414. The van der Waals surface area contributed by atoms with E-state index in [-0.39, 0.29) is 29.0 Å². The SMILES string of the molecule is O=[N+]([O-])c1cc2c(Nc3ccc(Br)cc3F)ncnc2cc1O[C@H]1CCOC1. The van der Waals surface area contributed by atoms with Crippen LogP contribution in [0.4, 0.5) is 21.6 Å². The van der Waals surface area contributed by atoms with E-state index in [9.17, 15) is 14.5 Å². The summed E-state index contributed by atoms with van der Waals surface area (Å²) in [5, 5.41) is 14.8. The molecule has 28 heavy (non-hydrogen) atoms. The molecule has 2 aromatic carbocycles. The summed E-state index contributed by atoms with van der Waals surface area (Å²) in [7, 11) is 0. The predicted octanol–water partition coefficient (Wildman–Crippen LogP) is 4.35. The quantitative estimate of drug-likeness (QED) is 0.457. The molecule has 1 atom stereocenters. The average Bonchev–Trinajstić information content (AvgIpc) is 3.16. The Balaban J connectivity index is 1.76. The normalized spacial score (nSPS) is 16.3. The summed E-state index contributed by atoms with van der Waals surface area (Å²) >= 11 is 3.20. The maximum Gasteiger partial charge on any atom is 0.311 e. The van der Waals surface area contributed by atoms with Gasteiger partial charge >= 0.3 is 5.69 Å². The molecule has 0 unspecified atom stereocenters. The first-order valence-corrected chi connectivity index (χ1v) is 9.20. The molecule has 0 bridgehead atoms. The molecular weight excluding hydrogens is 435 g/mol. The van der Waals surface area contributed by atoms with Gasteiger partial charge in [0.15, 0.2) is 5.75 Å². The Kier molecular flexibility index (Phi) is 5.05. The van der Waals surface area contributed by atoms with Crippen LogP contribution in [0.25, 0.3) is 10.9 Å². The molecule has 3 aromatic rings. The minimum absolute atomic E-state index is 0.118. The van der Waals surface area contributed by atoms with Crippen molar-refractivity contribution in [1.29, 1.82) is 0 Å². The van der Waals surface area contributed by atoms with Crippen molar-refractivity contribution >= 4 is 44.0 Å². The fourth-order valence-electron chi connectivity index (χ4n) is 2.91. The van der Waals surface area contributed by atoms with Crippen LogP contribution < -0.4 is 10.1 Å². The molecule has 1 aliphatic heterocycles. The summed E-state index contributed by atoms with van der Waals surface area (Å²) in [6.45, 7) is 0.940. The number of hydrogen-bond donors (Lipinski definition) is 1. The Morgan fingerprint density at radius 1 is 1.32 bits per heavy atom. The van der Waals surface area contributed by atoms with Crippen molar-refractivity contribution in [3.8, 4) is 5.75 Å². The highest BCUT2D eigenvalue weighted by Gasteiger charge is 2.24. The third-order valence-corrected chi connectivity index (χ3v) is 4.77. The van der Waals surface area contributed by atoms with Gasteiger partial charge in [0.1, 0.15) is 24.1 Å². The zero-order valence-electron chi connectivity index (χ0n) is 14.4. The van der Waals surface area contributed by atoms with Crippen molar-refractivity contribution < 1.29 is 18.8 Å².